The van der Waals surface area contributed by atoms with Gasteiger partial charge >= 0.3 is 5.97 Å². The first-order valence-corrected chi connectivity index (χ1v) is 10.9. The Kier molecular flexibility index (Phi) is 6.70. The van der Waals surface area contributed by atoms with E-state index in [1.807, 2.05) is 79.0 Å². The Labute approximate surface area is 189 Å². The molecule has 1 aromatic heterocycles. The topological polar surface area (TPSA) is 74.3 Å². The highest BCUT2D eigenvalue weighted by Crippen LogP contribution is 2.27. The van der Waals surface area contributed by atoms with Crippen LogP contribution in [0.1, 0.15) is 16.7 Å². The molecule has 0 fully saturated rings. The Bertz CT molecular complexity index is 1170. The summed E-state index contributed by atoms with van der Waals surface area (Å²) in [5.41, 5.74) is 4.07. The number of carbonyl (C=O) groups is 1. The molecule has 0 bridgehead atoms. The van der Waals surface area contributed by atoms with Crippen LogP contribution < -0.4 is 10.1 Å². The van der Waals surface area contributed by atoms with E-state index in [1.165, 1.54) is 0 Å². The number of nitrogens with one attached hydrogen (secondary N) is 2. The van der Waals surface area contributed by atoms with Gasteiger partial charge in [0.2, 0.25) is 0 Å². The van der Waals surface area contributed by atoms with Crippen molar-refractivity contribution in [1.82, 2.24) is 10.3 Å². The second-order valence-corrected chi connectivity index (χ2v) is 8.23. The van der Waals surface area contributed by atoms with Crippen LogP contribution in [-0.4, -0.2) is 22.1 Å². The van der Waals surface area contributed by atoms with Crippen molar-refractivity contribution in [3.05, 3.63) is 100 Å². The number of rotatable bonds is 9. The largest absolute Gasteiger partial charge is 0.488 e. The average Bonchev–Trinajstić information content (AvgIpc) is 3.19. The number of aromatic amines is 1. The molecule has 31 heavy (non-hydrogen) atoms. The Morgan fingerprint density at radius 3 is 2.58 bits per heavy atom. The van der Waals surface area contributed by atoms with Gasteiger partial charge in [-0.15, -0.1) is 0 Å². The standard InChI is InChI=1S/C25H23BrN2O3/c26-21-12-18(10-11-24(21)31-16-17-6-2-1-3-7-17)14-27-23(25(29)30)13-19-15-28-22-9-5-4-8-20(19)22/h1-12,15,23,27-28H,13-14,16H2,(H,29,30)/t23-/m1/s1. The summed E-state index contributed by atoms with van der Waals surface area (Å²) < 4.78 is 6.73. The molecule has 3 N–H and O–H groups in total. The number of hydrogen-bond donors (Lipinski definition) is 3. The molecule has 0 unspecified atom stereocenters. The molecule has 0 saturated heterocycles. The fourth-order valence-electron chi connectivity index (χ4n) is 3.51. The molecule has 5 nitrogen and oxygen atoms in total. The van der Waals surface area contributed by atoms with E-state index in [4.69, 9.17) is 4.74 Å². The zero-order chi connectivity index (χ0) is 21.6. The molecule has 1 atom stereocenters. The first kappa shape index (κ1) is 21.2. The van der Waals surface area contributed by atoms with Gasteiger partial charge in [-0.25, -0.2) is 0 Å². The van der Waals surface area contributed by atoms with Crippen LogP contribution in [0, 0.1) is 0 Å². The summed E-state index contributed by atoms with van der Waals surface area (Å²) in [5, 5.41) is 13.9. The third kappa shape index (κ3) is 5.34. The van der Waals surface area contributed by atoms with E-state index in [2.05, 4.69) is 26.2 Å². The number of halogens is 1. The van der Waals surface area contributed by atoms with Gasteiger partial charge in [0, 0.05) is 30.1 Å². The number of aromatic nitrogens is 1. The normalized spacial score (nSPS) is 12.0. The van der Waals surface area contributed by atoms with Gasteiger partial charge in [-0.05, 0) is 50.8 Å². The summed E-state index contributed by atoms with van der Waals surface area (Å²) in [6.45, 7) is 0.930. The maximum atomic E-state index is 11.8. The van der Waals surface area contributed by atoms with Crippen LogP contribution in [0.3, 0.4) is 0 Å². The molecule has 0 aliphatic heterocycles. The number of carboxylic acid groups (broad SMARTS) is 1. The number of benzene rings is 3. The monoisotopic (exact) mass is 478 g/mol. The summed E-state index contributed by atoms with van der Waals surface area (Å²) >= 11 is 3.56. The minimum atomic E-state index is -0.868. The van der Waals surface area contributed by atoms with Crippen molar-refractivity contribution < 1.29 is 14.6 Å². The van der Waals surface area contributed by atoms with Crippen molar-refractivity contribution in [2.75, 3.05) is 0 Å². The minimum absolute atomic E-state index is 0.402. The van der Waals surface area contributed by atoms with Crippen LogP contribution in [0.2, 0.25) is 0 Å². The molecular formula is C25H23BrN2O3. The SMILES string of the molecule is O=C(O)[C@@H](Cc1c[nH]c2ccccc12)NCc1ccc(OCc2ccccc2)c(Br)c1. The summed E-state index contributed by atoms with van der Waals surface area (Å²) in [4.78, 5) is 15.0. The number of aliphatic carboxylic acids is 1. The van der Waals surface area contributed by atoms with Gasteiger partial charge in [0.05, 0.1) is 4.47 Å². The zero-order valence-corrected chi connectivity index (χ0v) is 18.4. The molecule has 1 heterocycles. The minimum Gasteiger partial charge on any atom is -0.488 e. The van der Waals surface area contributed by atoms with Crippen molar-refractivity contribution in [1.29, 1.82) is 0 Å². The molecule has 0 spiro atoms. The number of fused-ring (bicyclic) bond motifs is 1. The lowest BCUT2D eigenvalue weighted by Gasteiger charge is -2.15. The van der Waals surface area contributed by atoms with Crippen molar-refractivity contribution in [2.24, 2.45) is 0 Å². The Hall–Kier alpha value is -3.09. The van der Waals surface area contributed by atoms with E-state index >= 15 is 0 Å². The number of ether oxygens (including phenoxy) is 1. The van der Waals surface area contributed by atoms with E-state index in [-0.39, 0.29) is 0 Å². The Morgan fingerprint density at radius 2 is 1.81 bits per heavy atom. The highest BCUT2D eigenvalue weighted by Gasteiger charge is 2.19. The molecular weight excluding hydrogens is 456 g/mol. The van der Waals surface area contributed by atoms with Gasteiger partial charge < -0.3 is 20.1 Å². The van der Waals surface area contributed by atoms with Gasteiger partial charge in [0.15, 0.2) is 0 Å². The van der Waals surface area contributed by atoms with Gasteiger partial charge in [-0.2, -0.15) is 0 Å². The van der Waals surface area contributed by atoms with Crippen molar-refractivity contribution in [2.45, 2.75) is 25.6 Å². The van der Waals surface area contributed by atoms with Crippen molar-refractivity contribution >= 4 is 32.8 Å². The molecule has 0 radical (unpaired) electrons. The fraction of sp³-hybridized carbons (Fsp3) is 0.160. The number of para-hydroxylation sites is 1. The third-order valence-corrected chi connectivity index (χ3v) is 5.80. The van der Waals surface area contributed by atoms with E-state index in [1.54, 1.807) is 0 Å². The van der Waals surface area contributed by atoms with Gasteiger partial charge in [-0.3, -0.25) is 4.79 Å². The molecule has 158 valence electrons. The lowest BCUT2D eigenvalue weighted by molar-refractivity contribution is -0.139. The van der Waals surface area contributed by atoms with E-state index in [9.17, 15) is 9.90 Å². The highest BCUT2D eigenvalue weighted by molar-refractivity contribution is 9.10. The number of carboxylic acids is 1. The second-order valence-electron chi connectivity index (χ2n) is 7.37. The van der Waals surface area contributed by atoms with Crippen molar-refractivity contribution in [3.8, 4) is 5.75 Å². The van der Waals surface area contributed by atoms with Crippen LogP contribution >= 0.6 is 15.9 Å². The molecule has 0 aliphatic rings. The summed E-state index contributed by atoms with van der Waals surface area (Å²) in [5.74, 6) is -0.117. The molecule has 0 aliphatic carbocycles. The third-order valence-electron chi connectivity index (χ3n) is 5.18. The first-order chi connectivity index (χ1) is 15.1. The zero-order valence-electron chi connectivity index (χ0n) is 16.8. The Morgan fingerprint density at radius 1 is 1.03 bits per heavy atom. The molecule has 0 saturated carbocycles. The maximum Gasteiger partial charge on any atom is 0.321 e. The predicted molar refractivity (Wildman–Crippen MR) is 125 cm³/mol. The summed E-state index contributed by atoms with van der Waals surface area (Å²) in [6, 6.07) is 23.0. The molecule has 4 aromatic rings. The number of H-pyrrole nitrogens is 1. The second kappa shape index (κ2) is 9.81. The Balaban J connectivity index is 1.38. The van der Waals surface area contributed by atoms with Gasteiger partial charge in [0.25, 0.3) is 0 Å². The maximum absolute atomic E-state index is 11.8. The number of hydrogen-bond acceptors (Lipinski definition) is 3. The van der Waals surface area contributed by atoms with Crippen LogP contribution in [0.15, 0.2) is 83.5 Å². The lowest BCUT2D eigenvalue weighted by Crippen LogP contribution is -2.38. The lowest BCUT2D eigenvalue weighted by atomic mass is 10.0. The predicted octanol–water partition coefficient (Wildman–Crippen LogP) is 5.29. The highest BCUT2D eigenvalue weighted by atomic mass is 79.9. The van der Waals surface area contributed by atoms with Crippen molar-refractivity contribution in [3.63, 3.8) is 0 Å². The van der Waals surface area contributed by atoms with Crippen LogP contribution in [0.4, 0.5) is 0 Å². The van der Waals surface area contributed by atoms with Crippen LogP contribution in [0.5, 0.6) is 5.75 Å². The van der Waals surface area contributed by atoms with Gasteiger partial charge in [-0.1, -0.05) is 54.6 Å². The summed E-state index contributed by atoms with van der Waals surface area (Å²) in [6.07, 6.45) is 2.29. The first-order valence-electron chi connectivity index (χ1n) is 10.1. The molecule has 3 aromatic carbocycles. The molecule has 6 heteroatoms. The average molecular weight is 479 g/mol. The van der Waals surface area contributed by atoms with E-state index < -0.39 is 12.0 Å². The van der Waals surface area contributed by atoms with E-state index in [0.29, 0.717) is 19.6 Å². The molecule has 4 rings (SSSR count). The fourth-order valence-corrected chi connectivity index (χ4v) is 4.06. The smallest absolute Gasteiger partial charge is 0.321 e. The quantitative estimate of drug-likeness (QED) is 0.305. The van der Waals surface area contributed by atoms with E-state index in [0.717, 1.165) is 37.8 Å². The molecule has 0 amide bonds. The van der Waals surface area contributed by atoms with Crippen LogP contribution in [-0.2, 0) is 24.4 Å². The van der Waals surface area contributed by atoms with Crippen LogP contribution in [0.25, 0.3) is 10.9 Å². The van der Waals surface area contributed by atoms with Gasteiger partial charge in [0.1, 0.15) is 18.4 Å². The summed E-state index contributed by atoms with van der Waals surface area (Å²) in [7, 11) is 0.